The monoisotopic (exact) mass is 269 g/mol. The zero-order chi connectivity index (χ0) is 14.4. The lowest BCUT2D eigenvalue weighted by Gasteiger charge is -2.29. The van der Waals surface area contributed by atoms with Crippen molar-refractivity contribution in [3.05, 3.63) is 29.8 Å². The van der Waals surface area contributed by atoms with Gasteiger partial charge in [0.2, 0.25) is 5.91 Å². The second-order valence-electron chi connectivity index (χ2n) is 6.53. The van der Waals surface area contributed by atoms with Gasteiger partial charge in [0, 0.05) is 24.2 Å². The van der Waals surface area contributed by atoms with Gasteiger partial charge >= 0.3 is 0 Å². The van der Waals surface area contributed by atoms with Crippen molar-refractivity contribution in [2.75, 3.05) is 18.0 Å². The van der Waals surface area contributed by atoms with Crippen LogP contribution in [0.15, 0.2) is 24.3 Å². The van der Waals surface area contributed by atoms with Crippen molar-refractivity contribution in [2.45, 2.75) is 32.2 Å². The molecule has 3 rings (SSSR count). The van der Waals surface area contributed by atoms with E-state index in [1.54, 1.807) is 12.1 Å². The summed E-state index contributed by atoms with van der Waals surface area (Å²) < 4.78 is 0. The van der Waals surface area contributed by atoms with Crippen LogP contribution in [0.2, 0.25) is 0 Å². The van der Waals surface area contributed by atoms with Crippen LogP contribution in [0.25, 0.3) is 0 Å². The molecule has 1 saturated heterocycles. The van der Waals surface area contributed by atoms with Gasteiger partial charge in [-0.05, 0) is 44.9 Å². The topological polar surface area (TPSA) is 56.1 Å². The highest BCUT2D eigenvalue weighted by Gasteiger charge is 2.50. The number of nitrogens with zero attached hydrogens (tertiary/aromatic N) is 2. The van der Waals surface area contributed by atoms with E-state index in [2.05, 4.69) is 11.4 Å². The number of anilines is 1. The Balaban J connectivity index is 2.00. The molecule has 1 aromatic carbocycles. The van der Waals surface area contributed by atoms with E-state index in [1.165, 1.54) is 0 Å². The zero-order valence-electron chi connectivity index (χ0n) is 11.9. The van der Waals surface area contributed by atoms with Crippen LogP contribution in [0.4, 0.5) is 5.69 Å². The Morgan fingerprint density at radius 3 is 2.75 bits per heavy atom. The molecule has 20 heavy (non-hydrogen) atoms. The van der Waals surface area contributed by atoms with E-state index < -0.39 is 5.54 Å². The molecule has 0 bridgehead atoms. The van der Waals surface area contributed by atoms with Crippen molar-refractivity contribution in [2.24, 2.45) is 5.41 Å². The first-order valence-corrected chi connectivity index (χ1v) is 7.03. The summed E-state index contributed by atoms with van der Waals surface area (Å²) >= 11 is 0. The first-order valence-electron chi connectivity index (χ1n) is 7.03. The van der Waals surface area contributed by atoms with Gasteiger partial charge < -0.3 is 10.2 Å². The van der Waals surface area contributed by atoms with Gasteiger partial charge in [0.25, 0.3) is 0 Å². The normalized spacial score (nSPS) is 23.2. The highest BCUT2D eigenvalue weighted by molar-refractivity contribution is 6.00. The number of carbonyl (C=O) groups is 1. The van der Waals surface area contributed by atoms with E-state index in [1.807, 2.05) is 30.9 Å². The number of amides is 1. The molecule has 0 radical (unpaired) electrons. The molecule has 0 unspecified atom stereocenters. The highest BCUT2D eigenvalue weighted by Crippen LogP contribution is 2.48. The Hall–Kier alpha value is -1.86. The van der Waals surface area contributed by atoms with Gasteiger partial charge in [0.15, 0.2) is 0 Å². The lowest BCUT2D eigenvalue weighted by atomic mass is 10.0. The van der Waals surface area contributed by atoms with E-state index in [0.29, 0.717) is 5.56 Å². The predicted octanol–water partition coefficient (Wildman–Crippen LogP) is 2.05. The molecule has 1 amide bonds. The predicted molar refractivity (Wildman–Crippen MR) is 77.3 cm³/mol. The number of carbonyl (C=O) groups excluding carboxylic acids is 1. The third-order valence-electron chi connectivity index (χ3n) is 4.42. The quantitative estimate of drug-likeness (QED) is 0.849. The number of benzene rings is 1. The molecule has 104 valence electrons. The van der Waals surface area contributed by atoms with E-state index in [0.717, 1.165) is 31.6 Å². The van der Waals surface area contributed by atoms with Crippen molar-refractivity contribution in [1.82, 2.24) is 5.32 Å². The Bertz CT molecular complexity index is 596. The maximum absolute atomic E-state index is 12.8. The van der Waals surface area contributed by atoms with Crippen molar-refractivity contribution in [3.63, 3.8) is 0 Å². The second kappa shape index (κ2) is 4.32. The maximum Gasteiger partial charge on any atom is 0.246 e. The molecule has 4 nitrogen and oxygen atoms in total. The van der Waals surface area contributed by atoms with Crippen molar-refractivity contribution >= 4 is 11.6 Å². The molecule has 1 aromatic rings. The molecule has 0 aromatic heterocycles. The van der Waals surface area contributed by atoms with Gasteiger partial charge in [-0.2, -0.15) is 5.26 Å². The molecule has 0 atom stereocenters. The van der Waals surface area contributed by atoms with Gasteiger partial charge in [-0.25, -0.2) is 0 Å². The molecular formula is C16H19N3O. The Morgan fingerprint density at radius 1 is 1.35 bits per heavy atom. The SMILES string of the molecule is CC1(C)NCC2(CC2)CN(c2cccc(C#N)c2)C1=O. The van der Waals surface area contributed by atoms with Crippen LogP contribution in [0.1, 0.15) is 32.3 Å². The fourth-order valence-electron chi connectivity index (χ4n) is 2.75. The summed E-state index contributed by atoms with van der Waals surface area (Å²) in [7, 11) is 0. The van der Waals surface area contributed by atoms with Crippen LogP contribution in [0.3, 0.4) is 0 Å². The average molecular weight is 269 g/mol. The maximum atomic E-state index is 12.8. The smallest absolute Gasteiger partial charge is 0.246 e. The Kier molecular flexibility index (Phi) is 2.84. The lowest BCUT2D eigenvalue weighted by molar-refractivity contribution is -0.123. The minimum Gasteiger partial charge on any atom is -0.310 e. The van der Waals surface area contributed by atoms with Crippen molar-refractivity contribution in [3.8, 4) is 6.07 Å². The molecule has 1 N–H and O–H groups in total. The van der Waals surface area contributed by atoms with Gasteiger partial charge in [-0.1, -0.05) is 6.07 Å². The summed E-state index contributed by atoms with van der Waals surface area (Å²) in [6.07, 6.45) is 2.33. The van der Waals surface area contributed by atoms with Crippen molar-refractivity contribution in [1.29, 1.82) is 5.26 Å². The molecule has 1 aliphatic heterocycles. The van der Waals surface area contributed by atoms with E-state index >= 15 is 0 Å². The summed E-state index contributed by atoms with van der Waals surface area (Å²) in [6, 6.07) is 9.46. The number of hydrogen-bond acceptors (Lipinski definition) is 3. The molecule has 1 saturated carbocycles. The third kappa shape index (κ3) is 2.19. The van der Waals surface area contributed by atoms with Gasteiger partial charge in [-0.3, -0.25) is 4.79 Å². The molecule has 2 aliphatic rings. The van der Waals surface area contributed by atoms with Crippen LogP contribution < -0.4 is 10.2 Å². The van der Waals surface area contributed by atoms with Crippen LogP contribution in [-0.2, 0) is 4.79 Å². The van der Waals surface area contributed by atoms with Crippen LogP contribution in [-0.4, -0.2) is 24.5 Å². The van der Waals surface area contributed by atoms with E-state index in [-0.39, 0.29) is 11.3 Å². The van der Waals surface area contributed by atoms with Crippen LogP contribution in [0.5, 0.6) is 0 Å². The fraction of sp³-hybridized carbons (Fsp3) is 0.500. The Morgan fingerprint density at radius 2 is 2.10 bits per heavy atom. The molecule has 1 aliphatic carbocycles. The summed E-state index contributed by atoms with van der Waals surface area (Å²) in [5.74, 6) is 0.0800. The minimum atomic E-state index is -0.561. The molecule has 4 heteroatoms. The van der Waals surface area contributed by atoms with Crippen LogP contribution in [0, 0.1) is 16.7 Å². The zero-order valence-corrected chi connectivity index (χ0v) is 11.9. The summed E-state index contributed by atoms with van der Waals surface area (Å²) in [5, 5.41) is 12.4. The van der Waals surface area contributed by atoms with Gasteiger partial charge in [0.1, 0.15) is 0 Å². The first kappa shape index (κ1) is 13.1. The number of nitrogens with one attached hydrogen (secondary N) is 1. The summed E-state index contributed by atoms with van der Waals surface area (Å²) in [6.45, 7) is 5.49. The number of rotatable bonds is 1. The third-order valence-corrected chi connectivity index (χ3v) is 4.42. The van der Waals surface area contributed by atoms with Gasteiger partial charge in [0.05, 0.1) is 17.2 Å². The number of nitriles is 1. The lowest BCUT2D eigenvalue weighted by Crippen LogP contribution is -2.51. The first-order chi connectivity index (χ1) is 9.46. The molecule has 2 fully saturated rings. The second-order valence-corrected chi connectivity index (χ2v) is 6.53. The van der Waals surface area contributed by atoms with Crippen LogP contribution >= 0.6 is 0 Å². The standard InChI is InChI=1S/C16H19N3O/c1-15(2)14(20)19(11-16(6-7-16)10-18-15)13-5-3-4-12(8-13)9-17/h3-5,8,18H,6-7,10-11H2,1-2H3. The largest absolute Gasteiger partial charge is 0.310 e. The van der Waals surface area contributed by atoms with Crippen molar-refractivity contribution < 1.29 is 4.79 Å². The van der Waals surface area contributed by atoms with E-state index in [9.17, 15) is 4.79 Å². The molecular weight excluding hydrogens is 250 g/mol. The summed E-state index contributed by atoms with van der Waals surface area (Å²) in [5.41, 5.74) is 1.09. The minimum absolute atomic E-state index is 0.0800. The fourth-order valence-corrected chi connectivity index (χ4v) is 2.75. The van der Waals surface area contributed by atoms with Gasteiger partial charge in [-0.15, -0.1) is 0 Å². The average Bonchev–Trinajstić information content (AvgIpc) is 3.23. The molecule has 1 spiro atoms. The molecule has 1 heterocycles. The highest BCUT2D eigenvalue weighted by atomic mass is 16.2. The summed E-state index contributed by atoms with van der Waals surface area (Å²) in [4.78, 5) is 14.6. The van der Waals surface area contributed by atoms with E-state index in [4.69, 9.17) is 5.26 Å². The Labute approximate surface area is 119 Å². The number of hydrogen-bond donors (Lipinski definition) is 1.